The fourth-order valence-corrected chi connectivity index (χ4v) is 4.52. The molecule has 19 heavy (non-hydrogen) atoms. The Morgan fingerprint density at radius 1 is 1.00 bits per heavy atom. The van der Waals surface area contributed by atoms with Gasteiger partial charge in [0, 0.05) is 5.56 Å². The average molecular weight is 256 g/mol. The molecule has 3 aliphatic rings. The van der Waals surface area contributed by atoms with Crippen molar-refractivity contribution in [2.45, 2.75) is 63.7 Å². The minimum Gasteiger partial charge on any atom is -0.298 e. The highest BCUT2D eigenvalue weighted by atomic mass is 16.1. The number of hydrogen-bond donors (Lipinski definition) is 0. The van der Waals surface area contributed by atoms with Gasteiger partial charge in [-0.15, -0.1) is 0 Å². The van der Waals surface area contributed by atoms with E-state index in [0.717, 1.165) is 11.8 Å². The summed E-state index contributed by atoms with van der Waals surface area (Å²) in [6.45, 7) is 2.32. The third-order valence-electron chi connectivity index (χ3n) is 5.84. The topological polar surface area (TPSA) is 17.1 Å². The smallest absolute Gasteiger partial charge is 0.150 e. The highest BCUT2D eigenvalue weighted by Crippen LogP contribution is 2.59. The Bertz CT molecular complexity index is 433. The van der Waals surface area contributed by atoms with Gasteiger partial charge in [0.2, 0.25) is 0 Å². The van der Waals surface area contributed by atoms with Crippen LogP contribution in [-0.4, -0.2) is 6.29 Å². The molecule has 3 aliphatic carbocycles. The molecule has 0 heterocycles. The highest BCUT2D eigenvalue weighted by molar-refractivity contribution is 5.74. The van der Waals surface area contributed by atoms with Crippen LogP contribution in [-0.2, 0) is 5.41 Å². The van der Waals surface area contributed by atoms with Gasteiger partial charge in [0.1, 0.15) is 6.29 Å². The van der Waals surface area contributed by atoms with E-state index in [1.165, 1.54) is 56.9 Å². The molecule has 3 saturated carbocycles. The molecule has 0 aliphatic heterocycles. The van der Waals surface area contributed by atoms with Crippen molar-refractivity contribution in [1.82, 2.24) is 0 Å². The number of carbonyl (C=O) groups is 1. The van der Waals surface area contributed by atoms with Crippen LogP contribution < -0.4 is 0 Å². The van der Waals surface area contributed by atoms with Crippen molar-refractivity contribution in [2.24, 2.45) is 5.41 Å². The van der Waals surface area contributed by atoms with Crippen LogP contribution in [0.15, 0.2) is 24.3 Å². The summed E-state index contributed by atoms with van der Waals surface area (Å²) in [6, 6.07) is 8.36. The summed E-state index contributed by atoms with van der Waals surface area (Å²) in [7, 11) is 0. The lowest BCUT2D eigenvalue weighted by Gasteiger charge is -2.54. The van der Waals surface area contributed by atoms with E-state index in [0.29, 0.717) is 10.8 Å². The molecule has 4 rings (SSSR count). The Hall–Kier alpha value is -1.11. The largest absolute Gasteiger partial charge is 0.298 e. The summed E-state index contributed by atoms with van der Waals surface area (Å²) < 4.78 is 0. The molecule has 1 aromatic rings. The van der Waals surface area contributed by atoms with Crippen molar-refractivity contribution in [2.75, 3.05) is 0 Å². The van der Waals surface area contributed by atoms with Gasteiger partial charge in [-0.05, 0) is 61.3 Å². The molecule has 0 aromatic heterocycles. The van der Waals surface area contributed by atoms with E-state index in [1.807, 2.05) is 12.1 Å². The fraction of sp³-hybridized carbons (Fsp3) is 0.611. The number of rotatable bonds is 4. The van der Waals surface area contributed by atoms with Gasteiger partial charge in [-0.2, -0.15) is 0 Å². The summed E-state index contributed by atoms with van der Waals surface area (Å²) in [5.41, 5.74) is 3.38. The lowest BCUT2D eigenvalue weighted by Crippen LogP contribution is -2.44. The van der Waals surface area contributed by atoms with Gasteiger partial charge in [-0.25, -0.2) is 0 Å². The van der Waals surface area contributed by atoms with Gasteiger partial charge in [-0.3, -0.25) is 4.79 Å². The average Bonchev–Trinajstić information content (AvgIpc) is 2.49. The molecule has 1 nitrogen and oxygen atoms in total. The predicted octanol–water partition coefficient (Wildman–Crippen LogP) is 4.89. The van der Waals surface area contributed by atoms with Crippen molar-refractivity contribution in [3.63, 3.8) is 0 Å². The van der Waals surface area contributed by atoms with Crippen molar-refractivity contribution in [1.29, 1.82) is 0 Å². The molecule has 1 aromatic carbocycles. The third-order valence-corrected chi connectivity index (χ3v) is 5.84. The van der Waals surface area contributed by atoms with Crippen LogP contribution in [0, 0.1) is 5.41 Å². The first-order valence-electron chi connectivity index (χ1n) is 7.78. The van der Waals surface area contributed by atoms with Crippen LogP contribution in [0.2, 0.25) is 0 Å². The van der Waals surface area contributed by atoms with E-state index in [9.17, 15) is 4.79 Å². The lowest BCUT2D eigenvalue weighted by atomic mass is 9.51. The molecule has 102 valence electrons. The summed E-state index contributed by atoms with van der Waals surface area (Å²) in [4.78, 5) is 10.8. The maximum Gasteiger partial charge on any atom is 0.150 e. The minimum atomic E-state index is 0.427. The SMILES string of the molecule is CCCC12CCC(c3ccc(C=O)cc3)(CC1)CC2. The van der Waals surface area contributed by atoms with Crippen LogP contribution in [0.5, 0.6) is 0 Å². The first-order valence-corrected chi connectivity index (χ1v) is 7.78. The third kappa shape index (κ3) is 2.13. The summed E-state index contributed by atoms with van der Waals surface area (Å²) in [6.07, 6.45) is 12.0. The van der Waals surface area contributed by atoms with Crippen LogP contribution >= 0.6 is 0 Å². The molecular weight excluding hydrogens is 232 g/mol. The lowest BCUT2D eigenvalue weighted by molar-refractivity contribution is 0.0320. The number of carbonyl (C=O) groups excluding carboxylic acids is 1. The fourth-order valence-electron chi connectivity index (χ4n) is 4.52. The van der Waals surface area contributed by atoms with Crippen molar-refractivity contribution in [3.8, 4) is 0 Å². The quantitative estimate of drug-likeness (QED) is 0.701. The van der Waals surface area contributed by atoms with Gasteiger partial charge in [0.15, 0.2) is 0 Å². The second kappa shape index (κ2) is 4.77. The molecule has 0 unspecified atom stereocenters. The number of fused-ring (bicyclic) bond motifs is 3. The van der Waals surface area contributed by atoms with E-state index in [1.54, 1.807) is 0 Å². The summed E-state index contributed by atoms with van der Waals surface area (Å²) in [5.74, 6) is 0. The van der Waals surface area contributed by atoms with Crippen LogP contribution in [0.3, 0.4) is 0 Å². The van der Waals surface area contributed by atoms with Crippen LogP contribution in [0.1, 0.15) is 74.2 Å². The molecule has 0 spiro atoms. The Labute approximate surface area is 116 Å². The van der Waals surface area contributed by atoms with Gasteiger partial charge in [0.25, 0.3) is 0 Å². The standard InChI is InChI=1S/C18H24O/c1-2-7-17-8-11-18(12-9-17,13-10-17)16-5-3-15(14-19)4-6-16/h3-6,14H,2,7-13H2,1H3. The summed E-state index contributed by atoms with van der Waals surface area (Å²) >= 11 is 0. The van der Waals surface area contributed by atoms with Crippen LogP contribution in [0.25, 0.3) is 0 Å². The zero-order valence-electron chi connectivity index (χ0n) is 12.0. The van der Waals surface area contributed by atoms with Gasteiger partial charge < -0.3 is 0 Å². The van der Waals surface area contributed by atoms with Crippen molar-refractivity contribution >= 4 is 6.29 Å². The number of hydrogen-bond acceptors (Lipinski definition) is 1. The first kappa shape index (κ1) is 12.9. The monoisotopic (exact) mass is 256 g/mol. The molecule has 3 fully saturated rings. The normalized spacial score (nSPS) is 33.3. The van der Waals surface area contributed by atoms with Gasteiger partial charge in [0.05, 0.1) is 0 Å². The second-order valence-corrected chi connectivity index (χ2v) is 6.77. The molecule has 0 saturated heterocycles. The van der Waals surface area contributed by atoms with Gasteiger partial charge in [-0.1, -0.05) is 37.6 Å². The van der Waals surface area contributed by atoms with Gasteiger partial charge >= 0.3 is 0 Å². The second-order valence-electron chi connectivity index (χ2n) is 6.77. The van der Waals surface area contributed by atoms with E-state index < -0.39 is 0 Å². The molecular formula is C18H24O. The van der Waals surface area contributed by atoms with Crippen LogP contribution in [0.4, 0.5) is 0 Å². The molecule has 2 bridgehead atoms. The summed E-state index contributed by atoms with van der Waals surface area (Å²) in [5, 5.41) is 0. The molecule has 0 radical (unpaired) electrons. The minimum absolute atomic E-state index is 0.427. The van der Waals surface area contributed by atoms with E-state index >= 15 is 0 Å². The maximum absolute atomic E-state index is 10.8. The number of aldehydes is 1. The Balaban J connectivity index is 1.81. The van der Waals surface area contributed by atoms with Crippen molar-refractivity contribution in [3.05, 3.63) is 35.4 Å². The molecule has 0 atom stereocenters. The first-order chi connectivity index (χ1) is 9.22. The van der Waals surface area contributed by atoms with E-state index in [4.69, 9.17) is 0 Å². The molecule has 0 amide bonds. The maximum atomic E-state index is 10.8. The van der Waals surface area contributed by atoms with E-state index in [2.05, 4.69) is 19.1 Å². The predicted molar refractivity (Wildman–Crippen MR) is 78.6 cm³/mol. The zero-order valence-corrected chi connectivity index (χ0v) is 12.0. The Kier molecular flexibility index (Phi) is 3.24. The Morgan fingerprint density at radius 2 is 1.58 bits per heavy atom. The molecule has 1 heteroatoms. The Morgan fingerprint density at radius 3 is 2.05 bits per heavy atom. The number of benzene rings is 1. The highest BCUT2D eigenvalue weighted by Gasteiger charge is 2.48. The zero-order chi connectivity index (χ0) is 13.3. The van der Waals surface area contributed by atoms with Crippen molar-refractivity contribution < 1.29 is 4.79 Å². The molecule has 0 N–H and O–H groups in total. The van der Waals surface area contributed by atoms with E-state index in [-0.39, 0.29) is 0 Å².